The smallest absolute Gasteiger partial charge is 0.348 e. The number of thiophene rings is 1. The van der Waals surface area contributed by atoms with E-state index in [2.05, 4.69) is 9.97 Å². The van der Waals surface area contributed by atoms with Crippen molar-refractivity contribution in [3.05, 3.63) is 54.9 Å². The van der Waals surface area contributed by atoms with Gasteiger partial charge in [-0.05, 0) is 37.6 Å². The first-order valence-corrected chi connectivity index (χ1v) is 13.5. The molecule has 34 heavy (non-hydrogen) atoms. The van der Waals surface area contributed by atoms with Gasteiger partial charge in [0.25, 0.3) is 5.56 Å². The molecule has 9 nitrogen and oxygen atoms in total. The molecule has 0 radical (unpaired) electrons. The van der Waals surface area contributed by atoms with E-state index in [9.17, 15) is 18.0 Å². The topological polar surface area (TPSA) is 113 Å². The summed E-state index contributed by atoms with van der Waals surface area (Å²) in [7, 11) is -3.79. The SMILES string of the molecule is CCOC(=O)c1sc2nc(CN3CCN(S(=O)(=O)c4cc(Cl)ccc4Cl)CC3)[nH]c(=O)c2c1C. The lowest BCUT2D eigenvalue weighted by molar-refractivity contribution is 0.0531. The molecule has 0 unspecified atom stereocenters. The molecule has 1 aromatic carbocycles. The van der Waals surface area contributed by atoms with E-state index in [1.54, 1.807) is 13.8 Å². The number of hydrogen-bond acceptors (Lipinski definition) is 8. The second-order valence-corrected chi connectivity index (χ2v) is 11.5. The number of fused-ring (bicyclic) bond motifs is 1. The standard InChI is InChI=1S/C21H22Cl2N4O5S2/c1-3-32-21(29)18-12(2)17-19(28)24-16(25-20(17)33-18)11-26-6-8-27(9-7-26)34(30,31)15-10-13(22)4-5-14(15)23/h4-5,10H,3,6-9,11H2,1-2H3,(H,24,25,28). The molecule has 13 heteroatoms. The molecule has 0 amide bonds. The van der Waals surface area contributed by atoms with Gasteiger partial charge in [-0.2, -0.15) is 4.31 Å². The van der Waals surface area contributed by atoms with Crippen LogP contribution in [0.2, 0.25) is 10.0 Å². The maximum Gasteiger partial charge on any atom is 0.348 e. The number of esters is 1. The van der Waals surface area contributed by atoms with Gasteiger partial charge in [0.2, 0.25) is 10.0 Å². The second kappa shape index (κ2) is 9.92. The first-order valence-electron chi connectivity index (χ1n) is 10.5. The van der Waals surface area contributed by atoms with Crippen molar-refractivity contribution in [2.75, 3.05) is 32.8 Å². The highest BCUT2D eigenvalue weighted by molar-refractivity contribution is 7.89. The number of carbonyl (C=O) groups excluding carboxylic acids is 1. The molecule has 1 fully saturated rings. The third-order valence-electron chi connectivity index (χ3n) is 5.53. The van der Waals surface area contributed by atoms with Crippen molar-refractivity contribution in [2.24, 2.45) is 0 Å². The Balaban J connectivity index is 1.49. The maximum absolute atomic E-state index is 13.0. The largest absolute Gasteiger partial charge is 0.462 e. The molecular weight excluding hydrogens is 523 g/mol. The van der Waals surface area contributed by atoms with E-state index in [4.69, 9.17) is 27.9 Å². The van der Waals surface area contributed by atoms with E-state index in [1.807, 2.05) is 4.90 Å². The molecule has 4 rings (SSSR count). The number of H-pyrrole nitrogens is 1. The van der Waals surface area contributed by atoms with E-state index in [-0.39, 0.29) is 35.2 Å². The molecule has 1 aliphatic heterocycles. The number of aromatic nitrogens is 2. The Morgan fingerprint density at radius 2 is 1.94 bits per heavy atom. The van der Waals surface area contributed by atoms with Crippen LogP contribution in [-0.4, -0.2) is 66.3 Å². The zero-order valence-corrected chi connectivity index (χ0v) is 21.6. The Labute approximate surface area is 210 Å². The molecule has 0 aliphatic carbocycles. The van der Waals surface area contributed by atoms with Gasteiger partial charge in [0.05, 0.1) is 23.6 Å². The monoisotopic (exact) mass is 544 g/mol. The van der Waals surface area contributed by atoms with Crippen LogP contribution < -0.4 is 5.56 Å². The predicted octanol–water partition coefficient (Wildman–Crippen LogP) is 3.28. The number of aromatic amines is 1. The highest BCUT2D eigenvalue weighted by atomic mass is 35.5. The summed E-state index contributed by atoms with van der Waals surface area (Å²) in [4.78, 5) is 35.0. The molecule has 0 bridgehead atoms. The number of nitrogens with one attached hydrogen (secondary N) is 1. The van der Waals surface area contributed by atoms with Crippen molar-refractivity contribution in [1.29, 1.82) is 0 Å². The highest BCUT2D eigenvalue weighted by Gasteiger charge is 2.30. The van der Waals surface area contributed by atoms with Crippen LogP contribution in [-0.2, 0) is 21.3 Å². The summed E-state index contributed by atoms with van der Waals surface area (Å²) in [6, 6.07) is 4.35. The van der Waals surface area contributed by atoms with Gasteiger partial charge in [-0.3, -0.25) is 9.69 Å². The van der Waals surface area contributed by atoms with Crippen LogP contribution in [0.4, 0.5) is 0 Å². The minimum atomic E-state index is -3.79. The minimum Gasteiger partial charge on any atom is -0.462 e. The van der Waals surface area contributed by atoms with Crippen molar-refractivity contribution < 1.29 is 17.9 Å². The Bertz CT molecular complexity index is 1410. The summed E-state index contributed by atoms with van der Waals surface area (Å²) in [6.45, 7) is 5.39. The Morgan fingerprint density at radius 3 is 2.62 bits per heavy atom. The lowest BCUT2D eigenvalue weighted by Gasteiger charge is -2.33. The molecular formula is C21H22Cl2N4O5S2. The first-order chi connectivity index (χ1) is 16.1. The van der Waals surface area contributed by atoms with E-state index >= 15 is 0 Å². The molecule has 3 aromatic rings. The molecule has 3 heterocycles. The van der Waals surface area contributed by atoms with E-state index in [0.29, 0.717) is 51.1 Å². The first kappa shape index (κ1) is 25.1. The van der Waals surface area contributed by atoms with Crippen molar-refractivity contribution in [3.63, 3.8) is 0 Å². The van der Waals surface area contributed by atoms with Gasteiger partial charge in [0.1, 0.15) is 20.4 Å². The predicted molar refractivity (Wildman–Crippen MR) is 131 cm³/mol. The summed E-state index contributed by atoms with van der Waals surface area (Å²) >= 11 is 13.2. The van der Waals surface area contributed by atoms with Crippen LogP contribution >= 0.6 is 34.5 Å². The fraction of sp³-hybridized carbons (Fsp3) is 0.381. The molecule has 1 N–H and O–H groups in total. The Hall–Kier alpha value is -2.02. The van der Waals surface area contributed by atoms with Gasteiger partial charge in [-0.1, -0.05) is 23.2 Å². The summed E-state index contributed by atoms with van der Waals surface area (Å²) in [5, 5.41) is 0.795. The number of sulfonamides is 1. The summed E-state index contributed by atoms with van der Waals surface area (Å²) in [5.41, 5.74) is 0.235. The van der Waals surface area contributed by atoms with Gasteiger partial charge >= 0.3 is 5.97 Å². The minimum absolute atomic E-state index is 0.0166. The van der Waals surface area contributed by atoms with Crippen LogP contribution in [0.3, 0.4) is 0 Å². The van der Waals surface area contributed by atoms with E-state index in [0.717, 1.165) is 11.3 Å². The maximum atomic E-state index is 13.0. The summed E-state index contributed by atoms with van der Waals surface area (Å²) in [6.07, 6.45) is 0. The third-order valence-corrected chi connectivity index (χ3v) is 9.31. The average Bonchev–Trinajstić information content (AvgIpc) is 3.12. The van der Waals surface area contributed by atoms with Crippen LogP contribution in [0.5, 0.6) is 0 Å². The van der Waals surface area contributed by atoms with Gasteiger partial charge in [0, 0.05) is 31.2 Å². The van der Waals surface area contributed by atoms with Crippen molar-refractivity contribution in [1.82, 2.24) is 19.2 Å². The average molecular weight is 545 g/mol. The van der Waals surface area contributed by atoms with Crippen molar-refractivity contribution in [3.8, 4) is 0 Å². The normalized spacial score (nSPS) is 15.6. The number of ether oxygens (including phenoxy) is 1. The number of aryl methyl sites for hydroxylation is 1. The third kappa shape index (κ3) is 4.86. The number of rotatable bonds is 6. The summed E-state index contributed by atoms with van der Waals surface area (Å²) in [5.74, 6) is -0.0237. The number of halogens is 2. The molecule has 0 spiro atoms. The fourth-order valence-corrected chi connectivity index (χ4v) is 7.06. The lowest BCUT2D eigenvalue weighted by atomic mass is 10.2. The van der Waals surface area contributed by atoms with Gasteiger partial charge in [-0.25, -0.2) is 18.2 Å². The molecule has 182 valence electrons. The van der Waals surface area contributed by atoms with Gasteiger partial charge < -0.3 is 9.72 Å². The van der Waals surface area contributed by atoms with E-state index in [1.165, 1.54) is 22.5 Å². The molecule has 1 aliphatic rings. The number of benzene rings is 1. The Morgan fingerprint density at radius 1 is 1.24 bits per heavy atom. The second-order valence-electron chi connectivity index (χ2n) is 7.72. The molecule has 0 atom stereocenters. The van der Waals surface area contributed by atoms with Crippen molar-refractivity contribution in [2.45, 2.75) is 25.3 Å². The lowest BCUT2D eigenvalue weighted by Crippen LogP contribution is -2.48. The number of hydrogen-bond donors (Lipinski definition) is 1. The number of carbonyl (C=O) groups is 1. The zero-order chi connectivity index (χ0) is 24.6. The molecule has 2 aromatic heterocycles. The number of nitrogens with zero attached hydrogens (tertiary/aromatic N) is 3. The van der Waals surface area contributed by atoms with Crippen LogP contribution in [0, 0.1) is 6.92 Å². The van der Waals surface area contributed by atoms with Gasteiger partial charge in [-0.15, -0.1) is 11.3 Å². The van der Waals surface area contributed by atoms with Crippen LogP contribution in [0.15, 0.2) is 27.9 Å². The van der Waals surface area contributed by atoms with Crippen molar-refractivity contribution >= 4 is 60.7 Å². The summed E-state index contributed by atoms with van der Waals surface area (Å²) < 4.78 is 32.5. The van der Waals surface area contributed by atoms with Gasteiger partial charge in [0.15, 0.2) is 0 Å². The fourth-order valence-electron chi connectivity index (χ4n) is 3.81. The zero-order valence-electron chi connectivity index (χ0n) is 18.4. The molecule has 0 saturated carbocycles. The molecule has 1 saturated heterocycles. The van der Waals surface area contributed by atoms with E-state index < -0.39 is 16.0 Å². The Kier molecular flexibility index (Phi) is 7.32. The van der Waals surface area contributed by atoms with Crippen LogP contribution in [0.25, 0.3) is 10.2 Å². The quantitative estimate of drug-likeness (QED) is 0.473. The highest BCUT2D eigenvalue weighted by Crippen LogP contribution is 2.29. The van der Waals surface area contributed by atoms with Crippen LogP contribution in [0.1, 0.15) is 28.0 Å². The number of piperazine rings is 1.